The zero-order chi connectivity index (χ0) is 17.3. The first-order valence-corrected chi connectivity index (χ1v) is 7.22. The Bertz CT molecular complexity index is 881. The van der Waals surface area contributed by atoms with Crippen molar-refractivity contribution in [2.24, 2.45) is 0 Å². The number of halogens is 2. The molecule has 0 aliphatic heterocycles. The lowest BCUT2D eigenvalue weighted by Gasteiger charge is -2.11. The number of benzene rings is 2. The summed E-state index contributed by atoms with van der Waals surface area (Å²) in [6, 6.07) is 12.4. The van der Waals surface area contributed by atoms with Crippen molar-refractivity contribution in [2.45, 2.75) is 12.8 Å². The van der Waals surface area contributed by atoms with Crippen molar-refractivity contribution in [3.05, 3.63) is 72.1 Å². The minimum atomic E-state index is -2.92. The van der Waals surface area contributed by atoms with Gasteiger partial charge in [-0.2, -0.15) is 5.10 Å². The molecule has 3 aromatic rings. The molecule has 1 aromatic heterocycles. The first-order chi connectivity index (χ1) is 11.3. The number of rotatable bonds is 4. The first-order valence-electron chi connectivity index (χ1n) is 7.22. The van der Waals surface area contributed by atoms with Crippen molar-refractivity contribution in [3.8, 4) is 16.8 Å². The molecule has 0 aliphatic rings. The fourth-order valence-electron chi connectivity index (χ4n) is 2.34. The molecule has 0 fully saturated rings. The molecule has 1 heterocycles. The number of carbonyl (C=O) groups is 1. The zero-order valence-electron chi connectivity index (χ0n) is 12.8. The van der Waals surface area contributed by atoms with Crippen LogP contribution in [0.2, 0.25) is 0 Å². The highest BCUT2D eigenvalue weighted by molar-refractivity contribution is 5.88. The molecule has 1 N–H and O–H groups in total. The predicted octanol–water partition coefficient (Wildman–Crippen LogP) is 4.35. The van der Waals surface area contributed by atoms with Crippen molar-refractivity contribution >= 4 is 5.97 Å². The maximum Gasteiger partial charge on any atom is 0.335 e. The van der Waals surface area contributed by atoms with E-state index in [1.165, 1.54) is 28.9 Å². The summed E-state index contributed by atoms with van der Waals surface area (Å²) >= 11 is 0. The lowest BCUT2D eigenvalue weighted by atomic mass is 10.1. The van der Waals surface area contributed by atoms with Crippen LogP contribution in [0.15, 0.2) is 60.9 Å². The summed E-state index contributed by atoms with van der Waals surface area (Å²) < 4.78 is 28.4. The van der Waals surface area contributed by atoms with Crippen molar-refractivity contribution in [2.75, 3.05) is 0 Å². The Labute approximate surface area is 137 Å². The molecule has 3 rings (SSSR count). The summed E-state index contributed by atoms with van der Waals surface area (Å²) in [7, 11) is 0. The van der Waals surface area contributed by atoms with Crippen LogP contribution in [0.3, 0.4) is 0 Å². The summed E-state index contributed by atoms with van der Waals surface area (Å²) in [5.74, 6) is -3.91. The van der Waals surface area contributed by atoms with Gasteiger partial charge in [0.25, 0.3) is 5.92 Å². The van der Waals surface area contributed by atoms with Gasteiger partial charge in [0.2, 0.25) is 0 Å². The molecule has 0 saturated carbocycles. The Balaban J connectivity index is 1.92. The normalized spacial score (nSPS) is 11.5. The second-order valence-electron chi connectivity index (χ2n) is 5.49. The summed E-state index contributed by atoms with van der Waals surface area (Å²) in [5, 5.41) is 13.1. The lowest BCUT2D eigenvalue weighted by molar-refractivity contribution is 0.0174. The van der Waals surface area contributed by atoms with Crippen LogP contribution < -0.4 is 0 Å². The first kappa shape index (κ1) is 15.9. The van der Waals surface area contributed by atoms with E-state index in [4.69, 9.17) is 5.11 Å². The summed E-state index contributed by atoms with van der Waals surface area (Å²) in [5.41, 5.74) is 2.21. The van der Waals surface area contributed by atoms with Crippen LogP contribution in [-0.4, -0.2) is 20.9 Å². The van der Waals surface area contributed by atoms with E-state index in [1.807, 2.05) is 0 Å². The molecular weight excluding hydrogens is 314 g/mol. The fourth-order valence-corrected chi connectivity index (χ4v) is 2.34. The van der Waals surface area contributed by atoms with E-state index in [-0.39, 0.29) is 11.1 Å². The van der Waals surface area contributed by atoms with Crippen LogP contribution in [0.1, 0.15) is 22.8 Å². The third-order valence-corrected chi connectivity index (χ3v) is 3.67. The van der Waals surface area contributed by atoms with Gasteiger partial charge >= 0.3 is 5.97 Å². The van der Waals surface area contributed by atoms with Crippen LogP contribution in [-0.2, 0) is 5.92 Å². The number of nitrogens with zero attached hydrogens (tertiary/aromatic N) is 2. The van der Waals surface area contributed by atoms with Crippen LogP contribution in [0.25, 0.3) is 16.8 Å². The van der Waals surface area contributed by atoms with Crippen molar-refractivity contribution in [3.63, 3.8) is 0 Å². The van der Waals surface area contributed by atoms with E-state index in [9.17, 15) is 13.6 Å². The zero-order valence-corrected chi connectivity index (χ0v) is 12.8. The molecule has 4 nitrogen and oxygen atoms in total. The van der Waals surface area contributed by atoms with Gasteiger partial charge in [-0.1, -0.05) is 24.3 Å². The summed E-state index contributed by atoms with van der Waals surface area (Å²) in [4.78, 5) is 10.9. The number of carboxylic acids is 1. The standard InChI is InChI=1S/C18H14F2N2O2/c1-18(19,20)15-3-2-4-16(9-15)22-11-14(10-21-22)12-5-7-13(8-6-12)17(23)24/h2-11H,1H3,(H,23,24). The highest BCUT2D eigenvalue weighted by Gasteiger charge is 2.24. The molecule has 0 aliphatic carbocycles. The monoisotopic (exact) mass is 328 g/mol. The number of hydrogen-bond acceptors (Lipinski definition) is 2. The minimum absolute atomic E-state index is 0.0807. The van der Waals surface area contributed by atoms with Crippen molar-refractivity contribution < 1.29 is 18.7 Å². The Morgan fingerprint density at radius 2 is 1.83 bits per heavy atom. The van der Waals surface area contributed by atoms with Gasteiger partial charge < -0.3 is 5.11 Å². The van der Waals surface area contributed by atoms with Gasteiger partial charge in [0, 0.05) is 24.2 Å². The van der Waals surface area contributed by atoms with E-state index in [1.54, 1.807) is 36.7 Å². The fraction of sp³-hybridized carbons (Fsp3) is 0.111. The Morgan fingerprint density at radius 1 is 1.12 bits per heavy atom. The molecule has 24 heavy (non-hydrogen) atoms. The highest BCUT2D eigenvalue weighted by Crippen LogP contribution is 2.28. The smallest absolute Gasteiger partial charge is 0.335 e. The molecule has 0 saturated heterocycles. The molecular formula is C18H14F2N2O2. The van der Waals surface area contributed by atoms with E-state index >= 15 is 0 Å². The second-order valence-corrected chi connectivity index (χ2v) is 5.49. The maximum absolute atomic E-state index is 13.4. The molecule has 0 atom stereocenters. The Morgan fingerprint density at radius 3 is 2.46 bits per heavy atom. The van der Waals surface area contributed by atoms with Crippen LogP contribution in [0, 0.1) is 0 Å². The van der Waals surface area contributed by atoms with Gasteiger partial charge in [-0.25, -0.2) is 18.3 Å². The minimum Gasteiger partial charge on any atom is -0.478 e. The lowest BCUT2D eigenvalue weighted by Crippen LogP contribution is -2.07. The second kappa shape index (κ2) is 5.88. The summed E-state index contributed by atoms with van der Waals surface area (Å²) in [6.45, 7) is 0.852. The van der Waals surface area contributed by atoms with Gasteiger partial charge in [0.1, 0.15) is 0 Å². The van der Waals surface area contributed by atoms with E-state index in [0.717, 1.165) is 18.1 Å². The average molecular weight is 328 g/mol. The highest BCUT2D eigenvalue weighted by atomic mass is 19.3. The molecule has 2 aromatic carbocycles. The van der Waals surface area contributed by atoms with Crippen molar-refractivity contribution in [1.29, 1.82) is 0 Å². The molecule has 6 heteroatoms. The quantitative estimate of drug-likeness (QED) is 0.775. The van der Waals surface area contributed by atoms with Gasteiger partial charge in [0.15, 0.2) is 0 Å². The third kappa shape index (κ3) is 3.17. The molecule has 0 unspecified atom stereocenters. The number of carboxylic acid groups (broad SMARTS) is 1. The SMILES string of the molecule is CC(F)(F)c1cccc(-n2cc(-c3ccc(C(=O)O)cc3)cn2)c1. The molecule has 122 valence electrons. The summed E-state index contributed by atoms with van der Waals surface area (Å²) in [6.07, 6.45) is 3.31. The topological polar surface area (TPSA) is 55.1 Å². The number of hydrogen-bond donors (Lipinski definition) is 1. The number of aromatic nitrogens is 2. The number of alkyl halides is 2. The predicted molar refractivity (Wildman–Crippen MR) is 85.5 cm³/mol. The molecule has 0 bridgehead atoms. The van der Waals surface area contributed by atoms with E-state index in [0.29, 0.717) is 5.69 Å². The largest absolute Gasteiger partial charge is 0.478 e. The average Bonchev–Trinajstić information content (AvgIpc) is 3.04. The Hall–Kier alpha value is -3.02. The van der Waals surface area contributed by atoms with Crippen LogP contribution in [0.4, 0.5) is 8.78 Å². The van der Waals surface area contributed by atoms with E-state index in [2.05, 4.69) is 5.10 Å². The number of aromatic carboxylic acids is 1. The van der Waals surface area contributed by atoms with Crippen LogP contribution in [0.5, 0.6) is 0 Å². The van der Waals surface area contributed by atoms with Gasteiger partial charge in [0.05, 0.1) is 17.4 Å². The maximum atomic E-state index is 13.4. The van der Waals surface area contributed by atoms with E-state index < -0.39 is 11.9 Å². The van der Waals surface area contributed by atoms with Gasteiger partial charge in [-0.15, -0.1) is 0 Å². The van der Waals surface area contributed by atoms with Crippen LogP contribution >= 0.6 is 0 Å². The molecule has 0 radical (unpaired) electrons. The molecule has 0 spiro atoms. The van der Waals surface area contributed by atoms with Gasteiger partial charge in [-0.05, 0) is 29.8 Å². The third-order valence-electron chi connectivity index (χ3n) is 3.67. The van der Waals surface area contributed by atoms with Crippen molar-refractivity contribution in [1.82, 2.24) is 9.78 Å². The Kier molecular flexibility index (Phi) is 3.89. The van der Waals surface area contributed by atoms with Gasteiger partial charge in [-0.3, -0.25) is 0 Å². The molecule has 0 amide bonds.